The predicted octanol–water partition coefficient (Wildman–Crippen LogP) is 3.18. The van der Waals surface area contributed by atoms with E-state index in [9.17, 15) is 8.78 Å². The van der Waals surface area contributed by atoms with Crippen LogP contribution >= 0.6 is 0 Å². The molecule has 1 fully saturated rings. The summed E-state index contributed by atoms with van der Waals surface area (Å²) in [6.07, 6.45) is 6.53. The molecule has 1 aliphatic rings. The minimum absolute atomic E-state index is 0.0540. The molecule has 0 amide bonds. The first-order chi connectivity index (χ1) is 12.7. The summed E-state index contributed by atoms with van der Waals surface area (Å²) in [5.74, 6) is -0.673. The van der Waals surface area contributed by atoms with Crippen molar-refractivity contribution in [3.8, 4) is 11.6 Å². The summed E-state index contributed by atoms with van der Waals surface area (Å²) in [5, 5.41) is 8.19. The van der Waals surface area contributed by atoms with Gasteiger partial charge in [-0.3, -0.25) is 9.88 Å². The van der Waals surface area contributed by atoms with Gasteiger partial charge in [0, 0.05) is 31.0 Å². The first-order valence-electron chi connectivity index (χ1n) is 8.46. The predicted molar refractivity (Wildman–Crippen MR) is 88.9 cm³/mol. The molecule has 0 saturated carbocycles. The molecule has 134 valence electrons. The van der Waals surface area contributed by atoms with Gasteiger partial charge in [0.2, 0.25) is 5.89 Å². The lowest BCUT2D eigenvalue weighted by Gasteiger charge is -2.31. The number of aromatic nitrogens is 4. The van der Waals surface area contributed by atoms with Gasteiger partial charge in [0.05, 0.1) is 12.1 Å². The van der Waals surface area contributed by atoms with Crippen LogP contribution in [-0.4, -0.2) is 38.2 Å². The third kappa shape index (κ3) is 3.45. The van der Waals surface area contributed by atoms with Crippen molar-refractivity contribution in [2.75, 3.05) is 13.1 Å². The molecule has 3 aromatic rings. The molecule has 0 spiro atoms. The summed E-state index contributed by atoms with van der Waals surface area (Å²) in [6.45, 7) is 1.82. The van der Waals surface area contributed by atoms with Gasteiger partial charge in [-0.15, -0.1) is 10.2 Å². The Labute approximate surface area is 148 Å². The Balaban J connectivity index is 1.47. The average molecular weight is 357 g/mol. The van der Waals surface area contributed by atoms with E-state index in [1.807, 2.05) is 0 Å². The molecule has 0 aliphatic carbocycles. The van der Waals surface area contributed by atoms with Crippen molar-refractivity contribution in [3.05, 3.63) is 59.9 Å². The fourth-order valence-electron chi connectivity index (χ4n) is 3.22. The Bertz CT molecular complexity index is 886. The molecule has 8 heteroatoms. The van der Waals surface area contributed by atoms with Gasteiger partial charge in [-0.25, -0.2) is 13.8 Å². The zero-order valence-corrected chi connectivity index (χ0v) is 14.0. The standard InChI is InChI=1S/C18H17F2N5O/c19-14-5-1-3-12(16(14)20)10-25-8-2-4-13(11-25)17-23-24-18(26-17)15-9-21-6-7-22-15/h1,3,5-7,9,13H,2,4,8,10-11H2. The minimum atomic E-state index is -0.818. The Morgan fingerprint density at radius 2 is 2.12 bits per heavy atom. The molecule has 1 aromatic carbocycles. The molecule has 26 heavy (non-hydrogen) atoms. The molecular weight excluding hydrogens is 340 g/mol. The average Bonchev–Trinajstić information content (AvgIpc) is 3.17. The highest BCUT2D eigenvalue weighted by Crippen LogP contribution is 2.29. The molecule has 6 nitrogen and oxygen atoms in total. The molecule has 0 radical (unpaired) electrons. The maximum Gasteiger partial charge on any atom is 0.267 e. The van der Waals surface area contributed by atoms with Crippen LogP contribution in [0.2, 0.25) is 0 Å². The lowest BCUT2D eigenvalue weighted by atomic mass is 9.97. The van der Waals surface area contributed by atoms with Crippen molar-refractivity contribution < 1.29 is 13.2 Å². The Kier molecular flexibility index (Phi) is 4.66. The Hall–Kier alpha value is -2.74. The number of piperidine rings is 1. The first kappa shape index (κ1) is 16.7. The summed E-state index contributed by atoms with van der Waals surface area (Å²) < 4.78 is 33.1. The third-order valence-corrected chi connectivity index (χ3v) is 4.50. The largest absolute Gasteiger partial charge is 0.419 e. The number of halogens is 2. The minimum Gasteiger partial charge on any atom is -0.419 e. The van der Waals surface area contributed by atoms with E-state index in [0.717, 1.165) is 25.5 Å². The van der Waals surface area contributed by atoms with Crippen LogP contribution in [0.3, 0.4) is 0 Å². The molecule has 1 unspecified atom stereocenters. The molecule has 1 aliphatic heterocycles. The summed E-state index contributed by atoms with van der Waals surface area (Å²) in [6, 6.07) is 4.27. The number of nitrogens with zero attached hydrogens (tertiary/aromatic N) is 5. The second-order valence-electron chi connectivity index (χ2n) is 6.32. The van der Waals surface area contributed by atoms with Crippen LogP contribution in [0, 0.1) is 11.6 Å². The van der Waals surface area contributed by atoms with Crippen molar-refractivity contribution in [2.45, 2.75) is 25.3 Å². The van der Waals surface area contributed by atoms with Gasteiger partial charge in [0.25, 0.3) is 5.89 Å². The van der Waals surface area contributed by atoms with Crippen LogP contribution in [-0.2, 0) is 6.54 Å². The van der Waals surface area contributed by atoms with E-state index in [2.05, 4.69) is 25.1 Å². The zero-order valence-electron chi connectivity index (χ0n) is 14.0. The molecule has 2 aromatic heterocycles. The molecule has 0 bridgehead atoms. The monoisotopic (exact) mass is 357 g/mol. The highest BCUT2D eigenvalue weighted by molar-refractivity contribution is 5.43. The van der Waals surface area contributed by atoms with E-state index in [0.29, 0.717) is 36.1 Å². The van der Waals surface area contributed by atoms with Gasteiger partial charge in [-0.05, 0) is 25.5 Å². The van der Waals surface area contributed by atoms with Gasteiger partial charge in [-0.2, -0.15) is 0 Å². The second kappa shape index (κ2) is 7.25. The molecular formula is C18H17F2N5O. The number of hydrogen-bond donors (Lipinski definition) is 0. The first-order valence-corrected chi connectivity index (χ1v) is 8.46. The number of benzene rings is 1. The SMILES string of the molecule is Fc1cccc(CN2CCCC(c3nnc(-c4cnccn4)o3)C2)c1F. The summed E-state index contributed by atoms with van der Waals surface area (Å²) in [5.41, 5.74) is 0.886. The van der Waals surface area contributed by atoms with Crippen LogP contribution < -0.4 is 0 Å². The smallest absolute Gasteiger partial charge is 0.267 e. The van der Waals surface area contributed by atoms with Crippen LogP contribution in [0.4, 0.5) is 8.78 Å². The normalized spacial score (nSPS) is 18.2. The fourth-order valence-corrected chi connectivity index (χ4v) is 3.22. The number of hydrogen-bond acceptors (Lipinski definition) is 6. The lowest BCUT2D eigenvalue weighted by Crippen LogP contribution is -2.34. The van der Waals surface area contributed by atoms with Crippen molar-refractivity contribution in [1.82, 2.24) is 25.1 Å². The second-order valence-corrected chi connectivity index (χ2v) is 6.32. The molecule has 1 atom stereocenters. The van der Waals surface area contributed by atoms with Crippen LogP contribution in [0.25, 0.3) is 11.6 Å². The van der Waals surface area contributed by atoms with Crippen molar-refractivity contribution in [2.24, 2.45) is 0 Å². The summed E-state index contributed by atoms with van der Waals surface area (Å²) in [7, 11) is 0. The maximum atomic E-state index is 13.9. The van der Waals surface area contributed by atoms with Crippen molar-refractivity contribution in [1.29, 1.82) is 0 Å². The van der Waals surface area contributed by atoms with Gasteiger partial charge in [0.15, 0.2) is 11.6 Å². The highest BCUT2D eigenvalue weighted by Gasteiger charge is 2.27. The van der Waals surface area contributed by atoms with Gasteiger partial charge < -0.3 is 4.42 Å². The van der Waals surface area contributed by atoms with Crippen LogP contribution in [0.1, 0.15) is 30.2 Å². The van der Waals surface area contributed by atoms with Gasteiger partial charge in [0.1, 0.15) is 5.69 Å². The van der Waals surface area contributed by atoms with Crippen LogP contribution in [0.15, 0.2) is 41.2 Å². The molecule has 1 saturated heterocycles. The van der Waals surface area contributed by atoms with Gasteiger partial charge >= 0.3 is 0 Å². The van der Waals surface area contributed by atoms with Crippen LogP contribution in [0.5, 0.6) is 0 Å². The fraction of sp³-hybridized carbons (Fsp3) is 0.333. The number of likely N-dealkylation sites (tertiary alicyclic amines) is 1. The van der Waals surface area contributed by atoms with E-state index in [1.54, 1.807) is 24.7 Å². The molecule has 4 rings (SSSR count). The van der Waals surface area contributed by atoms with E-state index in [-0.39, 0.29) is 5.92 Å². The van der Waals surface area contributed by atoms with E-state index < -0.39 is 11.6 Å². The van der Waals surface area contributed by atoms with E-state index >= 15 is 0 Å². The zero-order chi connectivity index (χ0) is 17.9. The quantitative estimate of drug-likeness (QED) is 0.714. The van der Waals surface area contributed by atoms with Crippen molar-refractivity contribution in [3.63, 3.8) is 0 Å². The maximum absolute atomic E-state index is 13.9. The van der Waals surface area contributed by atoms with Gasteiger partial charge in [-0.1, -0.05) is 12.1 Å². The molecule has 0 N–H and O–H groups in total. The molecule has 3 heterocycles. The third-order valence-electron chi connectivity index (χ3n) is 4.50. The highest BCUT2D eigenvalue weighted by atomic mass is 19.2. The summed E-state index contributed by atoms with van der Waals surface area (Å²) in [4.78, 5) is 10.2. The number of rotatable bonds is 4. The summed E-state index contributed by atoms with van der Waals surface area (Å²) >= 11 is 0. The Morgan fingerprint density at radius 1 is 1.19 bits per heavy atom. The lowest BCUT2D eigenvalue weighted by molar-refractivity contribution is 0.184. The topological polar surface area (TPSA) is 67.9 Å². The Morgan fingerprint density at radius 3 is 2.96 bits per heavy atom. The van der Waals surface area contributed by atoms with E-state index in [4.69, 9.17) is 4.42 Å². The van der Waals surface area contributed by atoms with Crippen molar-refractivity contribution >= 4 is 0 Å². The van der Waals surface area contributed by atoms with E-state index in [1.165, 1.54) is 6.07 Å².